The second-order valence-corrected chi connectivity index (χ2v) is 8.40. The van der Waals surface area contributed by atoms with Gasteiger partial charge < -0.3 is 4.74 Å². The van der Waals surface area contributed by atoms with E-state index in [1.54, 1.807) is 37.8 Å². The first kappa shape index (κ1) is 21.0. The average Bonchev–Trinajstić information content (AvgIpc) is 3.25. The molecule has 1 N–H and O–H groups in total. The normalized spacial score (nSPS) is 10.8. The van der Waals surface area contributed by atoms with Crippen LogP contribution in [0, 0.1) is 0 Å². The standard InChI is InChI=1S/C24H16ClN5O2S/c1-32-20-8-3-2-7-16(20)18-12-26-10-9-17(18)22(31)30-24-29-21-23(33-24)28-19(13-27-21)14-5-4-6-15(25)11-14/h2-13H,1H3,(H,27,29,30,31). The van der Waals surface area contributed by atoms with Gasteiger partial charge in [-0.05, 0) is 24.3 Å². The number of aromatic nitrogens is 4. The van der Waals surface area contributed by atoms with Crippen LogP contribution in [0.2, 0.25) is 5.02 Å². The summed E-state index contributed by atoms with van der Waals surface area (Å²) in [4.78, 5) is 31.4. The summed E-state index contributed by atoms with van der Waals surface area (Å²) >= 11 is 7.34. The van der Waals surface area contributed by atoms with Gasteiger partial charge in [0.2, 0.25) is 0 Å². The maximum absolute atomic E-state index is 13.1. The minimum Gasteiger partial charge on any atom is -0.496 e. The Bertz CT molecular complexity index is 1490. The van der Waals surface area contributed by atoms with Crippen LogP contribution in [0.3, 0.4) is 0 Å². The van der Waals surface area contributed by atoms with Crippen LogP contribution in [0.15, 0.2) is 73.2 Å². The maximum Gasteiger partial charge on any atom is 0.258 e. The highest BCUT2D eigenvalue weighted by Gasteiger charge is 2.18. The number of para-hydroxylation sites is 1. The largest absolute Gasteiger partial charge is 0.496 e. The molecule has 0 saturated carbocycles. The Hall–Kier alpha value is -3.88. The van der Waals surface area contributed by atoms with Gasteiger partial charge in [0.1, 0.15) is 5.75 Å². The fourth-order valence-electron chi connectivity index (χ4n) is 3.40. The number of halogens is 1. The number of carbonyl (C=O) groups is 1. The van der Waals surface area contributed by atoms with Gasteiger partial charge in [0.25, 0.3) is 5.91 Å². The summed E-state index contributed by atoms with van der Waals surface area (Å²) in [6.45, 7) is 0. The number of anilines is 1. The zero-order valence-corrected chi connectivity index (χ0v) is 18.9. The fraction of sp³-hybridized carbons (Fsp3) is 0.0417. The van der Waals surface area contributed by atoms with Gasteiger partial charge in [0.15, 0.2) is 15.6 Å². The van der Waals surface area contributed by atoms with Gasteiger partial charge in [-0.15, -0.1) is 0 Å². The monoisotopic (exact) mass is 473 g/mol. The first-order chi connectivity index (χ1) is 16.1. The number of fused-ring (bicyclic) bond motifs is 1. The van der Waals surface area contributed by atoms with Crippen LogP contribution in [-0.2, 0) is 0 Å². The van der Waals surface area contributed by atoms with Crippen LogP contribution in [0.5, 0.6) is 5.75 Å². The number of nitrogens with one attached hydrogen (secondary N) is 1. The molecule has 0 atom stereocenters. The van der Waals surface area contributed by atoms with Crippen molar-refractivity contribution in [2.24, 2.45) is 0 Å². The molecule has 33 heavy (non-hydrogen) atoms. The highest BCUT2D eigenvalue weighted by Crippen LogP contribution is 2.32. The van der Waals surface area contributed by atoms with Crippen molar-refractivity contribution >= 4 is 44.5 Å². The quantitative estimate of drug-likeness (QED) is 0.350. The number of methoxy groups -OCH3 is 1. The third kappa shape index (κ3) is 4.26. The Labute approximate surface area is 198 Å². The van der Waals surface area contributed by atoms with E-state index >= 15 is 0 Å². The number of benzene rings is 2. The predicted octanol–water partition coefficient (Wildman–Crippen LogP) is 5.73. The first-order valence-electron chi connectivity index (χ1n) is 9.90. The lowest BCUT2D eigenvalue weighted by Gasteiger charge is -2.11. The minimum atomic E-state index is -0.313. The van der Waals surface area contributed by atoms with Crippen LogP contribution in [-0.4, -0.2) is 33.0 Å². The van der Waals surface area contributed by atoms with Crippen molar-refractivity contribution in [1.29, 1.82) is 0 Å². The molecular weight excluding hydrogens is 458 g/mol. The molecule has 5 aromatic rings. The number of ether oxygens (including phenoxy) is 1. The Morgan fingerprint density at radius 3 is 2.76 bits per heavy atom. The molecule has 3 heterocycles. The molecule has 0 saturated heterocycles. The fourth-order valence-corrected chi connectivity index (χ4v) is 4.38. The van der Waals surface area contributed by atoms with Crippen LogP contribution >= 0.6 is 22.9 Å². The Morgan fingerprint density at radius 2 is 1.91 bits per heavy atom. The van der Waals surface area contributed by atoms with Gasteiger partial charge >= 0.3 is 0 Å². The lowest BCUT2D eigenvalue weighted by atomic mass is 10.0. The summed E-state index contributed by atoms with van der Waals surface area (Å²) in [7, 11) is 1.59. The summed E-state index contributed by atoms with van der Waals surface area (Å²) in [6, 6.07) is 16.5. The summed E-state index contributed by atoms with van der Waals surface area (Å²) in [6.07, 6.45) is 4.86. The van der Waals surface area contributed by atoms with E-state index in [0.717, 1.165) is 11.1 Å². The molecule has 2 aromatic carbocycles. The molecule has 9 heteroatoms. The second kappa shape index (κ2) is 8.93. The number of rotatable bonds is 5. The smallest absolute Gasteiger partial charge is 0.258 e. The Kier molecular flexibility index (Phi) is 5.68. The summed E-state index contributed by atoms with van der Waals surface area (Å²) in [5.74, 6) is 0.342. The van der Waals surface area contributed by atoms with Crippen molar-refractivity contribution in [2.75, 3.05) is 12.4 Å². The summed E-state index contributed by atoms with van der Waals surface area (Å²) in [5.41, 5.74) is 3.88. The number of hydrogen-bond acceptors (Lipinski definition) is 7. The third-order valence-corrected chi connectivity index (χ3v) is 6.02. The number of nitrogens with zero attached hydrogens (tertiary/aromatic N) is 4. The van der Waals surface area contributed by atoms with Crippen LogP contribution in [0.25, 0.3) is 32.9 Å². The highest BCUT2D eigenvalue weighted by atomic mass is 35.5. The molecular formula is C24H16ClN5O2S. The van der Waals surface area contributed by atoms with E-state index in [-0.39, 0.29) is 5.91 Å². The molecule has 0 bridgehead atoms. The lowest BCUT2D eigenvalue weighted by molar-refractivity contribution is 0.102. The van der Waals surface area contributed by atoms with Crippen molar-refractivity contribution in [1.82, 2.24) is 19.9 Å². The lowest BCUT2D eigenvalue weighted by Crippen LogP contribution is -2.13. The van der Waals surface area contributed by atoms with Gasteiger partial charge in [-0.3, -0.25) is 15.1 Å². The van der Waals surface area contributed by atoms with E-state index in [9.17, 15) is 4.79 Å². The average molecular weight is 474 g/mol. The van der Waals surface area contributed by atoms with E-state index in [1.807, 2.05) is 42.5 Å². The highest BCUT2D eigenvalue weighted by molar-refractivity contribution is 7.21. The minimum absolute atomic E-state index is 0.313. The Balaban J connectivity index is 1.46. The number of carbonyl (C=O) groups excluding carboxylic acids is 1. The molecule has 0 radical (unpaired) electrons. The molecule has 7 nitrogen and oxygen atoms in total. The summed E-state index contributed by atoms with van der Waals surface area (Å²) < 4.78 is 5.45. The van der Waals surface area contributed by atoms with Crippen molar-refractivity contribution in [3.63, 3.8) is 0 Å². The molecule has 1 amide bonds. The molecule has 3 aromatic heterocycles. The number of pyridine rings is 1. The Morgan fingerprint density at radius 1 is 1.03 bits per heavy atom. The predicted molar refractivity (Wildman–Crippen MR) is 130 cm³/mol. The van der Waals surface area contributed by atoms with Crippen LogP contribution in [0.1, 0.15) is 10.4 Å². The molecule has 162 valence electrons. The summed E-state index contributed by atoms with van der Waals surface area (Å²) in [5, 5.41) is 3.89. The molecule has 0 unspecified atom stereocenters. The van der Waals surface area contributed by atoms with E-state index in [1.165, 1.54) is 11.3 Å². The van der Waals surface area contributed by atoms with Crippen molar-refractivity contribution in [3.05, 3.63) is 83.8 Å². The van der Waals surface area contributed by atoms with Crippen molar-refractivity contribution in [3.8, 4) is 28.1 Å². The number of hydrogen-bond donors (Lipinski definition) is 1. The maximum atomic E-state index is 13.1. The van der Waals surface area contributed by atoms with E-state index in [0.29, 0.717) is 43.2 Å². The zero-order valence-electron chi connectivity index (χ0n) is 17.3. The molecule has 0 aliphatic heterocycles. The molecule has 0 spiro atoms. The zero-order chi connectivity index (χ0) is 22.8. The SMILES string of the molecule is COc1ccccc1-c1cnccc1C(=O)Nc1nc2ncc(-c3cccc(Cl)c3)nc2s1. The molecule has 0 aliphatic carbocycles. The number of amides is 1. The molecule has 5 rings (SSSR count). The van der Waals surface area contributed by atoms with Gasteiger partial charge in [-0.1, -0.05) is 53.3 Å². The van der Waals surface area contributed by atoms with Crippen molar-refractivity contribution < 1.29 is 9.53 Å². The van der Waals surface area contributed by atoms with Gasteiger partial charge in [-0.25, -0.2) is 9.97 Å². The van der Waals surface area contributed by atoms with Gasteiger partial charge in [-0.2, -0.15) is 4.98 Å². The van der Waals surface area contributed by atoms with Crippen LogP contribution < -0.4 is 10.1 Å². The van der Waals surface area contributed by atoms with Gasteiger partial charge in [0.05, 0.1) is 24.6 Å². The van der Waals surface area contributed by atoms with Crippen LogP contribution in [0.4, 0.5) is 5.13 Å². The molecule has 0 aliphatic rings. The van der Waals surface area contributed by atoms with E-state index < -0.39 is 0 Å². The second-order valence-electron chi connectivity index (χ2n) is 6.99. The third-order valence-electron chi connectivity index (χ3n) is 4.93. The van der Waals surface area contributed by atoms with Gasteiger partial charge in [0, 0.05) is 34.1 Å². The van der Waals surface area contributed by atoms with E-state index in [4.69, 9.17) is 16.3 Å². The number of thiazole rings is 1. The topological polar surface area (TPSA) is 89.9 Å². The van der Waals surface area contributed by atoms with E-state index in [2.05, 4.69) is 25.3 Å². The molecule has 0 fully saturated rings. The first-order valence-corrected chi connectivity index (χ1v) is 11.1. The van der Waals surface area contributed by atoms with Crippen molar-refractivity contribution in [2.45, 2.75) is 0 Å².